The molecule has 1 saturated heterocycles. The molecule has 1 N–H and O–H groups in total. The molecule has 0 bridgehead atoms. The first-order chi connectivity index (χ1) is 8.69. The highest BCUT2D eigenvalue weighted by atomic mass is 16.3. The summed E-state index contributed by atoms with van der Waals surface area (Å²) in [5.74, 6) is 0.809. The third-order valence-corrected chi connectivity index (χ3v) is 3.93. The zero-order valence-electron chi connectivity index (χ0n) is 11.5. The highest BCUT2D eigenvalue weighted by Crippen LogP contribution is 2.20. The number of nitrogens with zero attached hydrogens (tertiary/aromatic N) is 2. The van der Waals surface area contributed by atoms with Crippen LogP contribution in [0.5, 0.6) is 0 Å². The first kappa shape index (κ1) is 13.4. The summed E-state index contributed by atoms with van der Waals surface area (Å²) in [5.41, 5.74) is 2.22. The fourth-order valence-electron chi connectivity index (χ4n) is 2.59. The second-order valence-electron chi connectivity index (χ2n) is 5.45. The Morgan fingerprint density at radius 1 is 1.22 bits per heavy atom. The molecule has 2 rings (SSSR count). The van der Waals surface area contributed by atoms with Crippen molar-refractivity contribution in [1.29, 1.82) is 0 Å². The number of rotatable bonds is 4. The Kier molecular flexibility index (Phi) is 4.61. The van der Waals surface area contributed by atoms with E-state index in [4.69, 9.17) is 5.11 Å². The molecule has 100 valence electrons. The normalized spacial score (nSPS) is 17.9. The van der Waals surface area contributed by atoms with E-state index in [1.54, 1.807) is 0 Å². The van der Waals surface area contributed by atoms with E-state index in [0.29, 0.717) is 0 Å². The van der Waals surface area contributed by atoms with E-state index < -0.39 is 0 Å². The van der Waals surface area contributed by atoms with Gasteiger partial charge in [-0.15, -0.1) is 0 Å². The number of aliphatic hydroxyl groups is 1. The van der Waals surface area contributed by atoms with E-state index in [0.717, 1.165) is 18.0 Å². The summed E-state index contributed by atoms with van der Waals surface area (Å²) in [6.45, 7) is 3.70. The van der Waals surface area contributed by atoms with Gasteiger partial charge in [0.2, 0.25) is 0 Å². The van der Waals surface area contributed by atoms with Crippen LogP contribution in [0.1, 0.15) is 18.4 Å². The molecule has 3 heteroatoms. The minimum absolute atomic E-state index is 0.124. The van der Waals surface area contributed by atoms with Gasteiger partial charge in [-0.25, -0.2) is 0 Å². The van der Waals surface area contributed by atoms with Crippen LogP contribution in [0.2, 0.25) is 0 Å². The molecule has 0 saturated carbocycles. The molecule has 1 aliphatic rings. The standard InChI is InChI=1S/C15H24N2O/c1-16-9-7-13(8-10-16)11-17(2)15-5-3-14(12-18)4-6-15/h3-6,13,18H,7-12H2,1-2H3. The Morgan fingerprint density at radius 2 is 1.83 bits per heavy atom. The van der Waals surface area contributed by atoms with Gasteiger partial charge in [-0.3, -0.25) is 0 Å². The average molecular weight is 248 g/mol. The largest absolute Gasteiger partial charge is 0.392 e. The lowest BCUT2D eigenvalue weighted by molar-refractivity contribution is 0.222. The lowest BCUT2D eigenvalue weighted by Gasteiger charge is -2.32. The molecule has 3 nitrogen and oxygen atoms in total. The zero-order chi connectivity index (χ0) is 13.0. The van der Waals surface area contributed by atoms with Crippen molar-refractivity contribution in [1.82, 2.24) is 4.90 Å². The van der Waals surface area contributed by atoms with Crippen LogP contribution in [0, 0.1) is 5.92 Å². The van der Waals surface area contributed by atoms with E-state index in [2.05, 4.69) is 36.0 Å². The number of benzene rings is 1. The molecule has 0 spiro atoms. The summed E-state index contributed by atoms with van der Waals surface area (Å²) in [6, 6.07) is 8.20. The van der Waals surface area contributed by atoms with Gasteiger partial charge in [0.15, 0.2) is 0 Å². The Bertz CT molecular complexity index is 355. The summed E-state index contributed by atoms with van der Waals surface area (Å²) < 4.78 is 0. The molecule has 18 heavy (non-hydrogen) atoms. The third-order valence-electron chi connectivity index (χ3n) is 3.93. The maximum absolute atomic E-state index is 9.03. The Labute approximate surface area is 110 Å². The van der Waals surface area contributed by atoms with E-state index >= 15 is 0 Å². The Morgan fingerprint density at radius 3 is 2.39 bits per heavy atom. The number of hydrogen-bond donors (Lipinski definition) is 1. The van der Waals surface area contributed by atoms with Crippen molar-refractivity contribution in [3.05, 3.63) is 29.8 Å². The van der Waals surface area contributed by atoms with E-state index in [-0.39, 0.29) is 6.61 Å². The SMILES string of the molecule is CN1CCC(CN(C)c2ccc(CO)cc2)CC1. The second kappa shape index (κ2) is 6.21. The minimum atomic E-state index is 0.124. The van der Waals surface area contributed by atoms with Gasteiger partial charge in [0, 0.05) is 19.3 Å². The highest BCUT2D eigenvalue weighted by Gasteiger charge is 2.18. The third kappa shape index (κ3) is 3.47. The van der Waals surface area contributed by atoms with Gasteiger partial charge in [0.1, 0.15) is 0 Å². The maximum atomic E-state index is 9.03. The minimum Gasteiger partial charge on any atom is -0.392 e. The number of anilines is 1. The lowest BCUT2D eigenvalue weighted by Crippen LogP contribution is -2.35. The fourth-order valence-corrected chi connectivity index (χ4v) is 2.59. The molecule has 0 radical (unpaired) electrons. The van der Waals surface area contributed by atoms with Gasteiger partial charge in [-0.1, -0.05) is 12.1 Å². The monoisotopic (exact) mass is 248 g/mol. The molecule has 1 aliphatic heterocycles. The molecule has 0 atom stereocenters. The summed E-state index contributed by atoms with van der Waals surface area (Å²) in [5, 5.41) is 9.03. The van der Waals surface area contributed by atoms with Crippen molar-refractivity contribution in [3.8, 4) is 0 Å². The zero-order valence-corrected chi connectivity index (χ0v) is 11.5. The number of aliphatic hydroxyl groups excluding tert-OH is 1. The smallest absolute Gasteiger partial charge is 0.0681 e. The predicted molar refractivity (Wildman–Crippen MR) is 75.9 cm³/mol. The van der Waals surface area contributed by atoms with Crippen LogP contribution in [0.3, 0.4) is 0 Å². The summed E-state index contributed by atoms with van der Waals surface area (Å²) in [4.78, 5) is 4.74. The van der Waals surface area contributed by atoms with Gasteiger partial charge in [0.05, 0.1) is 6.61 Å². The van der Waals surface area contributed by atoms with Crippen LogP contribution in [0.15, 0.2) is 24.3 Å². The molecule has 0 amide bonds. The van der Waals surface area contributed by atoms with Crippen LogP contribution in [0.25, 0.3) is 0 Å². The molecule has 0 aliphatic carbocycles. The summed E-state index contributed by atoms with van der Waals surface area (Å²) in [6.07, 6.45) is 2.60. The summed E-state index contributed by atoms with van der Waals surface area (Å²) >= 11 is 0. The lowest BCUT2D eigenvalue weighted by atomic mass is 9.96. The Hall–Kier alpha value is -1.06. The molecule has 1 heterocycles. The first-order valence-electron chi connectivity index (χ1n) is 6.78. The molecule has 1 aromatic carbocycles. The number of hydrogen-bond acceptors (Lipinski definition) is 3. The number of likely N-dealkylation sites (tertiary alicyclic amines) is 1. The highest BCUT2D eigenvalue weighted by molar-refractivity contribution is 5.46. The molecule has 0 unspecified atom stereocenters. The quantitative estimate of drug-likeness (QED) is 0.882. The van der Waals surface area contributed by atoms with Crippen LogP contribution < -0.4 is 4.90 Å². The van der Waals surface area contributed by atoms with Crippen molar-refractivity contribution < 1.29 is 5.11 Å². The van der Waals surface area contributed by atoms with Crippen LogP contribution in [-0.2, 0) is 6.61 Å². The average Bonchev–Trinajstić information content (AvgIpc) is 2.41. The van der Waals surface area contributed by atoms with Gasteiger partial charge >= 0.3 is 0 Å². The van der Waals surface area contributed by atoms with Crippen molar-refractivity contribution in [2.45, 2.75) is 19.4 Å². The number of piperidine rings is 1. The van der Waals surface area contributed by atoms with Gasteiger partial charge in [0.25, 0.3) is 0 Å². The molecule has 1 aromatic rings. The molecule has 0 aromatic heterocycles. The van der Waals surface area contributed by atoms with E-state index in [1.165, 1.54) is 31.6 Å². The van der Waals surface area contributed by atoms with Crippen LogP contribution in [0.4, 0.5) is 5.69 Å². The van der Waals surface area contributed by atoms with Crippen LogP contribution >= 0.6 is 0 Å². The van der Waals surface area contributed by atoms with Gasteiger partial charge in [-0.05, 0) is 56.6 Å². The molecular weight excluding hydrogens is 224 g/mol. The van der Waals surface area contributed by atoms with Gasteiger partial charge in [-0.2, -0.15) is 0 Å². The topological polar surface area (TPSA) is 26.7 Å². The first-order valence-corrected chi connectivity index (χ1v) is 6.78. The Balaban J connectivity index is 1.88. The van der Waals surface area contributed by atoms with Crippen molar-refractivity contribution in [2.24, 2.45) is 5.92 Å². The predicted octanol–water partition coefficient (Wildman–Crippen LogP) is 1.96. The molecule has 1 fully saturated rings. The maximum Gasteiger partial charge on any atom is 0.0681 e. The second-order valence-corrected chi connectivity index (χ2v) is 5.45. The van der Waals surface area contributed by atoms with Crippen LogP contribution in [-0.4, -0.2) is 43.7 Å². The van der Waals surface area contributed by atoms with Crippen molar-refractivity contribution >= 4 is 5.69 Å². The van der Waals surface area contributed by atoms with E-state index in [9.17, 15) is 0 Å². The fraction of sp³-hybridized carbons (Fsp3) is 0.600. The van der Waals surface area contributed by atoms with Crippen molar-refractivity contribution in [2.75, 3.05) is 38.6 Å². The van der Waals surface area contributed by atoms with E-state index in [1.807, 2.05) is 12.1 Å². The van der Waals surface area contributed by atoms with Crippen molar-refractivity contribution in [3.63, 3.8) is 0 Å². The summed E-state index contributed by atoms with van der Waals surface area (Å²) in [7, 11) is 4.36. The molecular formula is C15H24N2O. The van der Waals surface area contributed by atoms with Gasteiger partial charge < -0.3 is 14.9 Å².